The zero-order valence-electron chi connectivity index (χ0n) is 20.9. The van der Waals surface area contributed by atoms with E-state index in [9.17, 15) is 19.2 Å². The van der Waals surface area contributed by atoms with Crippen molar-refractivity contribution in [3.63, 3.8) is 0 Å². The van der Waals surface area contributed by atoms with Crippen molar-refractivity contribution in [3.05, 3.63) is 39.0 Å². The van der Waals surface area contributed by atoms with Crippen LogP contribution < -0.4 is 16.0 Å². The topological polar surface area (TPSA) is 105 Å². The van der Waals surface area contributed by atoms with Gasteiger partial charge in [0.15, 0.2) is 0 Å². The summed E-state index contributed by atoms with van der Waals surface area (Å²) in [5.74, 6) is 1.09. The Balaban J connectivity index is 1.34. The van der Waals surface area contributed by atoms with Crippen LogP contribution in [0.1, 0.15) is 46.0 Å². The molecule has 1 aromatic carbocycles. The van der Waals surface area contributed by atoms with E-state index in [4.69, 9.17) is 4.74 Å². The molecule has 9 nitrogen and oxygen atoms in total. The van der Waals surface area contributed by atoms with Crippen LogP contribution in [0.2, 0.25) is 0 Å². The summed E-state index contributed by atoms with van der Waals surface area (Å²) in [4.78, 5) is 57.7. The normalized spacial score (nSPS) is 21.7. The highest BCUT2D eigenvalue weighted by atomic mass is 16.5. The minimum absolute atomic E-state index is 0.0249. The van der Waals surface area contributed by atoms with Gasteiger partial charge in [-0.15, -0.1) is 0 Å². The van der Waals surface area contributed by atoms with Crippen LogP contribution >= 0.6 is 0 Å². The maximum Gasteiger partial charge on any atom is 0.328 e. The maximum atomic E-state index is 13.1. The highest BCUT2D eigenvalue weighted by Crippen LogP contribution is 2.31. The SMILES string of the molecule is CCC(C)C(=O)N1CCN(C(=O)C2CCC(Cn3c(=O)[nH]c4ccc(OC)cc4c3=O)CC2)CC1. The summed E-state index contributed by atoms with van der Waals surface area (Å²) < 4.78 is 6.50. The number of hydrogen-bond acceptors (Lipinski definition) is 5. The molecule has 190 valence electrons. The van der Waals surface area contributed by atoms with Gasteiger partial charge in [-0.3, -0.25) is 19.0 Å². The quantitative estimate of drug-likeness (QED) is 0.677. The van der Waals surface area contributed by atoms with Gasteiger partial charge in [-0.2, -0.15) is 0 Å². The van der Waals surface area contributed by atoms with E-state index in [2.05, 4.69) is 4.98 Å². The molecule has 1 saturated carbocycles. The zero-order valence-corrected chi connectivity index (χ0v) is 20.9. The fourth-order valence-electron chi connectivity index (χ4n) is 5.26. The third-order valence-corrected chi connectivity index (χ3v) is 7.76. The lowest BCUT2D eigenvalue weighted by Crippen LogP contribution is -2.53. The van der Waals surface area contributed by atoms with Crippen molar-refractivity contribution in [2.75, 3.05) is 33.3 Å². The van der Waals surface area contributed by atoms with E-state index in [0.717, 1.165) is 32.1 Å². The van der Waals surface area contributed by atoms with Crippen molar-refractivity contribution in [1.29, 1.82) is 0 Å². The fraction of sp³-hybridized carbons (Fsp3) is 0.615. The third kappa shape index (κ3) is 5.28. The Labute approximate surface area is 205 Å². The molecular formula is C26H36N4O5. The molecule has 1 aliphatic heterocycles. The second-order valence-electron chi connectivity index (χ2n) is 9.93. The number of aromatic nitrogens is 2. The Bertz CT molecular complexity index is 1190. The summed E-state index contributed by atoms with van der Waals surface area (Å²) in [6.07, 6.45) is 3.93. The molecule has 2 fully saturated rings. The van der Waals surface area contributed by atoms with E-state index in [1.54, 1.807) is 18.2 Å². The van der Waals surface area contributed by atoms with Crippen LogP contribution in [0.25, 0.3) is 10.9 Å². The number of fused-ring (bicyclic) bond motifs is 1. The van der Waals surface area contributed by atoms with Crippen LogP contribution in [0.4, 0.5) is 0 Å². The molecule has 0 spiro atoms. The Kier molecular flexibility index (Phi) is 7.62. The summed E-state index contributed by atoms with van der Waals surface area (Å²) >= 11 is 0. The van der Waals surface area contributed by atoms with E-state index in [1.807, 2.05) is 23.6 Å². The van der Waals surface area contributed by atoms with Gasteiger partial charge in [0.2, 0.25) is 11.8 Å². The van der Waals surface area contributed by atoms with E-state index in [1.165, 1.54) is 11.7 Å². The first-order valence-corrected chi connectivity index (χ1v) is 12.7. The number of aromatic amines is 1. The van der Waals surface area contributed by atoms with Crippen LogP contribution in [0.15, 0.2) is 27.8 Å². The first kappa shape index (κ1) is 25.0. The first-order chi connectivity index (χ1) is 16.8. The number of hydrogen-bond donors (Lipinski definition) is 1. The van der Waals surface area contributed by atoms with Gasteiger partial charge < -0.3 is 19.5 Å². The van der Waals surface area contributed by atoms with Crippen LogP contribution in [0, 0.1) is 17.8 Å². The Morgan fingerprint density at radius 3 is 2.34 bits per heavy atom. The number of H-pyrrole nitrogens is 1. The van der Waals surface area contributed by atoms with Gasteiger partial charge >= 0.3 is 5.69 Å². The van der Waals surface area contributed by atoms with Crippen molar-refractivity contribution in [2.45, 2.75) is 52.5 Å². The van der Waals surface area contributed by atoms with E-state index >= 15 is 0 Å². The molecule has 2 aliphatic rings. The lowest BCUT2D eigenvalue weighted by atomic mass is 9.81. The Morgan fingerprint density at radius 1 is 1.06 bits per heavy atom. The first-order valence-electron chi connectivity index (χ1n) is 12.7. The monoisotopic (exact) mass is 484 g/mol. The summed E-state index contributed by atoms with van der Waals surface area (Å²) in [5.41, 5.74) is -0.223. The predicted molar refractivity (Wildman–Crippen MR) is 133 cm³/mol. The zero-order chi connectivity index (χ0) is 25.1. The largest absolute Gasteiger partial charge is 0.497 e. The van der Waals surface area contributed by atoms with Crippen LogP contribution in [0.3, 0.4) is 0 Å². The van der Waals surface area contributed by atoms with Crippen molar-refractivity contribution in [3.8, 4) is 5.75 Å². The number of carbonyl (C=O) groups is 2. The highest BCUT2D eigenvalue weighted by Gasteiger charge is 2.32. The van der Waals surface area contributed by atoms with E-state index in [-0.39, 0.29) is 35.1 Å². The van der Waals surface area contributed by atoms with Gasteiger partial charge in [-0.05, 0) is 56.2 Å². The number of methoxy groups -OCH3 is 1. The average molecular weight is 485 g/mol. The number of carbonyl (C=O) groups excluding carboxylic acids is 2. The summed E-state index contributed by atoms with van der Waals surface area (Å²) in [5, 5.41) is 0.429. The van der Waals surface area contributed by atoms with Gasteiger partial charge in [0.05, 0.1) is 18.0 Å². The Morgan fingerprint density at radius 2 is 1.71 bits per heavy atom. The second-order valence-corrected chi connectivity index (χ2v) is 9.93. The molecule has 1 N–H and O–H groups in total. The van der Waals surface area contributed by atoms with Gasteiger partial charge in [0.25, 0.3) is 5.56 Å². The van der Waals surface area contributed by atoms with Gasteiger partial charge in [0.1, 0.15) is 5.75 Å². The highest BCUT2D eigenvalue weighted by molar-refractivity contribution is 5.81. The number of piperazine rings is 1. The molecule has 35 heavy (non-hydrogen) atoms. The van der Waals surface area contributed by atoms with Crippen LogP contribution in [0.5, 0.6) is 5.75 Å². The number of rotatable bonds is 6. The molecule has 2 heterocycles. The Hall–Kier alpha value is -3.10. The lowest BCUT2D eigenvalue weighted by molar-refractivity contribution is -0.144. The number of nitrogens with zero attached hydrogens (tertiary/aromatic N) is 3. The second kappa shape index (κ2) is 10.7. The van der Waals surface area contributed by atoms with Crippen LogP contribution in [-0.2, 0) is 16.1 Å². The molecule has 9 heteroatoms. The van der Waals surface area contributed by atoms with Crippen molar-refractivity contribution in [1.82, 2.24) is 19.4 Å². The molecule has 2 aromatic rings. The molecule has 4 rings (SSSR count). The number of ether oxygens (including phenoxy) is 1. The number of nitrogens with one attached hydrogen (secondary N) is 1. The predicted octanol–water partition coefficient (Wildman–Crippen LogP) is 2.22. The number of amides is 2. The molecule has 0 bridgehead atoms. The number of benzene rings is 1. The molecule has 1 unspecified atom stereocenters. The van der Waals surface area contributed by atoms with Crippen molar-refractivity contribution >= 4 is 22.7 Å². The lowest BCUT2D eigenvalue weighted by Gasteiger charge is -2.38. The molecule has 0 radical (unpaired) electrons. The van der Waals surface area contributed by atoms with Crippen LogP contribution in [-0.4, -0.2) is 64.5 Å². The van der Waals surface area contributed by atoms with E-state index < -0.39 is 5.69 Å². The van der Waals surface area contributed by atoms with Gasteiger partial charge in [-0.1, -0.05) is 13.8 Å². The minimum atomic E-state index is -0.407. The van der Waals surface area contributed by atoms with Gasteiger partial charge in [-0.25, -0.2) is 4.79 Å². The summed E-state index contributed by atoms with van der Waals surface area (Å²) in [7, 11) is 1.54. The summed E-state index contributed by atoms with van der Waals surface area (Å²) in [6, 6.07) is 5.04. The fourth-order valence-corrected chi connectivity index (χ4v) is 5.26. The van der Waals surface area contributed by atoms with Gasteiger partial charge in [0, 0.05) is 44.6 Å². The molecule has 1 aromatic heterocycles. The molecule has 1 saturated heterocycles. The average Bonchev–Trinajstić information content (AvgIpc) is 2.90. The molecule has 1 atom stereocenters. The standard InChI is InChI=1S/C26H36N4O5/c1-4-17(2)23(31)28-11-13-29(14-12-28)24(32)19-7-5-18(6-8-19)16-30-25(33)21-15-20(35-3)9-10-22(21)27-26(30)34/h9-10,15,17-19H,4-8,11-14,16H2,1-3H3,(H,27,34). The van der Waals surface area contributed by atoms with E-state index in [0.29, 0.717) is 49.4 Å². The smallest absolute Gasteiger partial charge is 0.328 e. The molecular weight excluding hydrogens is 448 g/mol. The summed E-state index contributed by atoms with van der Waals surface area (Å²) in [6.45, 7) is 6.69. The third-order valence-electron chi connectivity index (χ3n) is 7.76. The molecule has 2 amide bonds. The minimum Gasteiger partial charge on any atom is -0.497 e. The van der Waals surface area contributed by atoms with Crippen molar-refractivity contribution in [2.24, 2.45) is 17.8 Å². The maximum absolute atomic E-state index is 13.1. The van der Waals surface area contributed by atoms with Crippen molar-refractivity contribution < 1.29 is 14.3 Å². The molecule has 1 aliphatic carbocycles.